The molecule has 146 valence electrons. The summed E-state index contributed by atoms with van der Waals surface area (Å²) in [5, 5.41) is 43.9. The minimum absolute atomic E-state index is 0.0175. The van der Waals surface area contributed by atoms with Crippen molar-refractivity contribution in [1.29, 1.82) is 0 Å². The highest BCUT2D eigenvalue weighted by atomic mass is 16.5. The lowest BCUT2D eigenvalue weighted by Gasteiger charge is -2.06. The predicted molar refractivity (Wildman–Crippen MR) is 93.0 cm³/mol. The van der Waals surface area contributed by atoms with Gasteiger partial charge in [-0.05, 0) is 24.3 Å². The van der Waals surface area contributed by atoms with Gasteiger partial charge in [-0.3, -0.25) is 0 Å². The average Bonchev–Trinajstić information content (AvgIpc) is 3.16. The summed E-state index contributed by atoms with van der Waals surface area (Å²) in [7, 11) is 0. The molecule has 0 saturated heterocycles. The van der Waals surface area contributed by atoms with E-state index in [1.807, 2.05) is 0 Å². The largest absolute Gasteiger partial charge is 0.478 e. The molecule has 4 N–H and O–H groups in total. The van der Waals surface area contributed by atoms with Crippen LogP contribution in [0.4, 0.5) is 0 Å². The SMILES string of the molecule is O=C(O)c1ccc(-c2nnoc2-c2ccc(C(=O)O)c(C(=O)O)c2)cc1C(=O)O. The smallest absolute Gasteiger partial charge is 0.336 e. The van der Waals surface area contributed by atoms with Crippen LogP contribution in [0.25, 0.3) is 22.6 Å². The van der Waals surface area contributed by atoms with Gasteiger partial charge >= 0.3 is 23.9 Å². The monoisotopic (exact) mass is 398 g/mol. The lowest BCUT2D eigenvalue weighted by molar-refractivity contribution is 0.0651. The number of aromatic nitrogens is 2. The van der Waals surface area contributed by atoms with Crippen molar-refractivity contribution in [1.82, 2.24) is 10.4 Å². The number of nitrogens with zero attached hydrogens (tertiary/aromatic N) is 2. The molecule has 0 saturated carbocycles. The minimum atomic E-state index is -1.47. The molecule has 0 fully saturated rings. The number of benzene rings is 2. The molecule has 3 aromatic rings. The first-order valence-corrected chi connectivity index (χ1v) is 7.75. The maximum absolute atomic E-state index is 11.4. The molecule has 0 aliphatic carbocycles. The second kappa shape index (κ2) is 7.23. The summed E-state index contributed by atoms with van der Waals surface area (Å²) in [6.45, 7) is 0. The molecule has 0 aliphatic heterocycles. The van der Waals surface area contributed by atoms with Gasteiger partial charge in [-0.1, -0.05) is 12.1 Å². The molecule has 0 aliphatic rings. The Morgan fingerprint density at radius 1 is 0.655 bits per heavy atom. The Kier molecular flexibility index (Phi) is 4.79. The van der Waals surface area contributed by atoms with Gasteiger partial charge in [-0.25, -0.2) is 19.2 Å². The van der Waals surface area contributed by atoms with Crippen molar-refractivity contribution in [3.63, 3.8) is 0 Å². The average molecular weight is 398 g/mol. The quantitative estimate of drug-likeness (QED) is 0.476. The van der Waals surface area contributed by atoms with Gasteiger partial charge in [-0.15, -0.1) is 5.10 Å². The topological polar surface area (TPSA) is 188 Å². The lowest BCUT2D eigenvalue weighted by atomic mass is 9.98. The van der Waals surface area contributed by atoms with Gasteiger partial charge in [0.1, 0.15) is 5.69 Å². The third kappa shape index (κ3) is 3.51. The van der Waals surface area contributed by atoms with Crippen LogP contribution in [-0.4, -0.2) is 54.7 Å². The maximum atomic E-state index is 11.4. The van der Waals surface area contributed by atoms with Crippen LogP contribution in [0, 0.1) is 0 Å². The standard InChI is InChI=1S/C18H10N2O9/c21-15(22)9-3-1-7(5-11(9)17(25)26)13-14(29-20-19-13)8-2-4-10(16(23)24)12(6-8)18(27)28/h1-6H,(H,21,22)(H,23,24)(H,25,26)(H,27,28). The fourth-order valence-electron chi connectivity index (χ4n) is 2.67. The normalized spacial score (nSPS) is 10.5. The second-order valence-corrected chi connectivity index (χ2v) is 5.69. The summed E-state index contributed by atoms with van der Waals surface area (Å²) >= 11 is 0. The minimum Gasteiger partial charge on any atom is -0.478 e. The molecule has 0 radical (unpaired) electrons. The number of carboxylic acid groups (broad SMARTS) is 4. The second-order valence-electron chi connectivity index (χ2n) is 5.69. The molecular formula is C18H10N2O9. The molecule has 1 heterocycles. The molecule has 0 spiro atoms. The van der Waals surface area contributed by atoms with Crippen LogP contribution in [0.3, 0.4) is 0 Å². The fraction of sp³-hybridized carbons (Fsp3) is 0. The summed E-state index contributed by atoms with van der Waals surface area (Å²) in [5.41, 5.74) is -1.55. The molecule has 3 rings (SSSR count). The molecule has 0 atom stereocenters. The van der Waals surface area contributed by atoms with E-state index in [2.05, 4.69) is 10.4 Å². The van der Waals surface area contributed by atoms with E-state index in [4.69, 9.17) is 14.7 Å². The van der Waals surface area contributed by atoms with Gasteiger partial charge in [0.25, 0.3) is 0 Å². The summed E-state index contributed by atoms with van der Waals surface area (Å²) in [6.07, 6.45) is 0. The third-order valence-corrected chi connectivity index (χ3v) is 3.98. The highest BCUT2D eigenvalue weighted by Crippen LogP contribution is 2.32. The number of rotatable bonds is 6. The summed E-state index contributed by atoms with van der Waals surface area (Å²) < 4.78 is 5.05. The zero-order valence-electron chi connectivity index (χ0n) is 14.2. The van der Waals surface area contributed by atoms with Crippen LogP contribution in [0.15, 0.2) is 40.9 Å². The van der Waals surface area contributed by atoms with Gasteiger partial charge in [-0.2, -0.15) is 0 Å². The molecular weight excluding hydrogens is 388 g/mol. The lowest BCUT2D eigenvalue weighted by Crippen LogP contribution is -2.08. The highest BCUT2D eigenvalue weighted by molar-refractivity contribution is 6.04. The number of carbonyl (C=O) groups is 4. The fourth-order valence-corrected chi connectivity index (χ4v) is 2.67. The number of hydrogen-bond acceptors (Lipinski definition) is 7. The van der Waals surface area contributed by atoms with Crippen molar-refractivity contribution in [2.75, 3.05) is 0 Å². The van der Waals surface area contributed by atoms with Crippen LogP contribution in [-0.2, 0) is 0 Å². The maximum Gasteiger partial charge on any atom is 0.336 e. The molecule has 0 amide bonds. The van der Waals surface area contributed by atoms with E-state index < -0.39 is 46.1 Å². The molecule has 11 heteroatoms. The summed E-state index contributed by atoms with van der Waals surface area (Å²) in [6, 6.07) is 6.85. The van der Waals surface area contributed by atoms with Crippen molar-refractivity contribution in [2.45, 2.75) is 0 Å². The van der Waals surface area contributed by atoms with Crippen molar-refractivity contribution in [2.24, 2.45) is 0 Å². The Hall–Kier alpha value is -4.54. The van der Waals surface area contributed by atoms with E-state index in [1.165, 1.54) is 12.1 Å². The highest BCUT2D eigenvalue weighted by Gasteiger charge is 2.23. The number of hydrogen-bond donors (Lipinski definition) is 4. The van der Waals surface area contributed by atoms with Gasteiger partial charge < -0.3 is 24.9 Å². The Morgan fingerprint density at radius 2 is 1.10 bits per heavy atom. The van der Waals surface area contributed by atoms with Crippen LogP contribution in [0.1, 0.15) is 41.4 Å². The number of carboxylic acids is 4. The van der Waals surface area contributed by atoms with Gasteiger partial charge in [0.2, 0.25) is 0 Å². The molecule has 29 heavy (non-hydrogen) atoms. The van der Waals surface area contributed by atoms with Crippen molar-refractivity contribution in [3.05, 3.63) is 58.7 Å². The van der Waals surface area contributed by atoms with E-state index in [0.717, 1.165) is 24.3 Å². The third-order valence-electron chi connectivity index (χ3n) is 3.98. The Labute approximate surface area is 160 Å². The first-order chi connectivity index (χ1) is 13.7. The Bertz CT molecular complexity index is 1090. The van der Waals surface area contributed by atoms with Crippen LogP contribution in [0.5, 0.6) is 0 Å². The number of aromatic carboxylic acids is 4. The van der Waals surface area contributed by atoms with Gasteiger partial charge in [0.05, 0.1) is 22.3 Å². The van der Waals surface area contributed by atoms with E-state index in [9.17, 15) is 29.4 Å². The van der Waals surface area contributed by atoms with Crippen molar-refractivity contribution < 1.29 is 44.1 Å². The van der Waals surface area contributed by atoms with Crippen LogP contribution < -0.4 is 0 Å². The van der Waals surface area contributed by atoms with Crippen LogP contribution >= 0.6 is 0 Å². The van der Waals surface area contributed by atoms with Crippen LogP contribution in [0.2, 0.25) is 0 Å². The molecule has 11 nitrogen and oxygen atoms in total. The molecule has 0 bridgehead atoms. The van der Waals surface area contributed by atoms with Gasteiger partial charge in [0, 0.05) is 16.4 Å². The van der Waals surface area contributed by atoms with E-state index in [0.29, 0.717) is 0 Å². The molecule has 0 unspecified atom stereocenters. The van der Waals surface area contributed by atoms with E-state index in [-0.39, 0.29) is 22.6 Å². The Balaban J connectivity index is 2.16. The zero-order chi connectivity index (χ0) is 21.3. The zero-order valence-corrected chi connectivity index (χ0v) is 14.2. The summed E-state index contributed by atoms with van der Waals surface area (Å²) in [4.78, 5) is 45.1. The first-order valence-electron chi connectivity index (χ1n) is 7.75. The van der Waals surface area contributed by atoms with Gasteiger partial charge in [0.15, 0.2) is 5.76 Å². The van der Waals surface area contributed by atoms with Crippen molar-refractivity contribution >= 4 is 23.9 Å². The first kappa shape index (κ1) is 19.2. The molecule has 1 aromatic heterocycles. The van der Waals surface area contributed by atoms with E-state index in [1.54, 1.807) is 0 Å². The van der Waals surface area contributed by atoms with Crippen molar-refractivity contribution in [3.8, 4) is 22.6 Å². The summed E-state index contributed by atoms with van der Waals surface area (Å²) in [5.74, 6) is -5.86. The van der Waals surface area contributed by atoms with E-state index >= 15 is 0 Å². The Morgan fingerprint density at radius 3 is 1.59 bits per heavy atom. The predicted octanol–water partition coefficient (Wildman–Crippen LogP) is 2.20. The molecule has 2 aromatic carbocycles.